The maximum atomic E-state index is 10.9. The summed E-state index contributed by atoms with van der Waals surface area (Å²) in [6, 6.07) is 1.48. The molecule has 0 saturated carbocycles. The number of carboxylic acid groups (broad SMARTS) is 1. The van der Waals surface area contributed by atoms with Crippen LogP contribution in [0.15, 0.2) is 16.7 Å². The quantitative estimate of drug-likeness (QED) is 0.899. The molecule has 0 bridgehead atoms. The molecule has 6 nitrogen and oxygen atoms in total. The molecule has 0 unspecified atom stereocenters. The van der Waals surface area contributed by atoms with Gasteiger partial charge in [0.25, 0.3) is 0 Å². The highest BCUT2D eigenvalue weighted by Gasteiger charge is 2.14. The number of nitrogens with zero attached hydrogens (tertiary/aromatic N) is 4. The van der Waals surface area contributed by atoms with Gasteiger partial charge >= 0.3 is 5.97 Å². The van der Waals surface area contributed by atoms with Crippen molar-refractivity contribution in [2.75, 3.05) is 19.0 Å². The van der Waals surface area contributed by atoms with Gasteiger partial charge in [-0.05, 0) is 15.9 Å². The van der Waals surface area contributed by atoms with Crippen molar-refractivity contribution in [1.29, 1.82) is 0 Å². The Morgan fingerprint density at radius 2 is 2.25 bits per heavy atom. The van der Waals surface area contributed by atoms with Gasteiger partial charge in [0.05, 0.1) is 10.7 Å². The van der Waals surface area contributed by atoms with Crippen molar-refractivity contribution >= 4 is 33.4 Å². The second-order valence-corrected chi connectivity index (χ2v) is 4.28. The van der Waals surface area contributed by atoms with Gasteiger partial charge in [0.1, 0.15) is 5.82 Å². The lowest BCUT2D eigenvalue weighted by Gasteiger charge is -2.14. The summed E-state index contributed by atoms with van der Waals surface area (Å²) in [5, 5.41) is 13.1. The summed E-state index contributed by atoms with van der Waals surface area (Å²) < 4.78 is 2.25. The molecule has 0 aliphatic heterocycles. The number of rotatable bonds is 2. The van der Waals surface area contributed by atoms with Gasteiger partial charge in [-0.25, -0.2) is 9.78 Å². The number of aromatic carboxylic acids is 1. The van der Waals surface area contributed by atoms with Crippen molar-refractivity contribution in [2.45, 2.75) is 0 Å². The molecule has 2 rings (SSSR count). The maximum absolute atomic E-state index is 10.9. The summed E-state index contributed by atoms with van der Waals surface area (Å²) in [5.74, 6) is -0.396. The van der Waals surface area contributed by atoms with Gasteiger partial charge in [0.2, 0.25) is 0 Å². The van der Waals surface area contributed by atoms with Crippen LogP contribution < -0.4 is 4.90 Å². The summed E-state index contributed by atoms with van der Waals surface area (Å²) >= 11 is 3.28. The first-order valence-electron chi connectivity index (χ1n) is 4.45. The van der Waals surface area contributed by atoms with E-state index in [1.165, 1.54) is 6.07 Å². The minimum atomic E-state index is -1.06. The molecule has 1 N–H and O–H groups in total. The topological polar surface area (TPSA) is 70.7 Å². The molecule has 0 saturated heterocycles. The highest BCUT2D eigenvalue weighted by atomic mass is 79.9. The van der Waals surface area contributed by atoms with E-state index in [0.717, 1.165) is 0 Å². The van der Waals surface area contributed by atoms with Crippen LogP contribution in [0, 0.1) is 0 Å². The predicted molar refractivity (Wildman–Crippen MR) is 62.0 cm³/mol. The molecule has 0 aromatic carbocycles. The highest BCUT2D eigenvalue weighted by Crippen LogP contribution is 2.21. The van der Waals surface area contributed by atoms with E-state index in [1.54, 1.807) is 15.6 Å². The van der Waals surface area contributed by atoms with Crippen LogP contribution in [-0.2, 0) is 0 Å². The number of hydrogen-bond donors (Lipinski definition) is 1. The van der Waals surface area contributed by atoms with Crippen LogP contribution in [0.2, 0.25) is 0 Å². The number of fused-ring (bicyclic) bond motifs is 1. The van der Waals surface area contributed by atoms with E-state index in [2.05, 4.69) is 26.0 Å². The van der Waals surface area contributed by atoms with Gasteiger partial charge in [-0.3, -0.25) is 0 Å². The first-order valence-corrected chi connectivity index (χ1v) is 5.25. The molecule has 0 aliphatic rings. The Kier molecular flexibility index (Phi) is 2.55. The SMILES string of the molecule is CN(C)c1cc(C(=O)O)nc2c(Br)cnn12. The number of carbonyl (C=O) groups is 1. The predicted octanol–water partition coefficient (Wildman–Crippen LogP) is 1.26. The average molecular weight is 285 g/mol. The van der Waals surface area contributed by atoms with E-state index < -0.39 is 5.97 Å². The normalized spacial score (nSPS) is 10.7. The fourth-order valence-corrected chi connectivity index (χ4v) is 1.70. The molecular formula is C9H9BrN4O2. The third-order valence-corrected chi connectivity index (χ3v) is 2.65. The van der Waals surface area contributed by atoms with Crippen molar-refractivity contribution in [3.8, 4) is 0 Å². The Hall–Kier alpha value is -1.63. The molecule has 84 valence electrons. The molecule has 7 heteroatoms. The van der Waals surface area contributed by atoms with Gasteiger partial charge < -0.3 is 10.0 Å². The number of aromatic nitrogens is 3. The lowest BCUT2D eigenvalue weighted by atomic mass is 10.4. The molecule has 0 aliphatic carbocycles. The summed E-state index contributed by atoms with van der Waals surface area (Å²) in [6.45, 7) is 0. The van der Waals surface area contributed by atoms with Crippen LogP contribution in [0.1, 0.15) is 10.5 Å². The van der Waals surface area contributed by atoms with Crippen LogP contribution in [0.3, 0.4) is 0 Å². The number of carboxylic acids is 1. The monoisotopic (exact) mass is 284 g/mol. The summed E-state index contributed by atoms with van der Waals surface area (Å²) in [4.78, 5) is 16.7. The second-order valence-electron chi connectivity index (χ2n) is 3.43. The number of halogens is 1. The van der Waals surface area contributed by atoms with Crippen molar-refractivity contribution in [3.63, 3.8) is 0 Å². The third kappa shape index (κ3) is 1.63. The van der Waals surface area contributed by atoms with E-state index in [1.807, 2.05) is 14.1 Å². The van der Waals surface area contributed by atoms with E-state index in [4.69, 9.17) is 5.11 Å². The molecule has 0 amide bonds. The van der Waals surface area contributed by atoms with Crippen LogP contribution in [0.5, 0.6) is 0 Å². The van der Waals surface area contributed by atoms with Crippen LogP contribution >= 0.6 is 15.9 Å². The number of anilines is 1. The van der Waals surface area contributed by atoms with Crippen molar-refractivity contribution in [2.24, 2.45) is 0 Å². The van der Waals surface area contributed by atoms with Gasteiger partial charge in [-0.1, -0.05) is 0 Å². The van der Waals surface area contributed by atoms with Crippen LogP contribution in [-0.4, -0.2) is 39.8 Å². The van der Waals surface area contributed by atoms with Crippen molar-refractivity contribution in [1.82, 2.24) is 14.6 Å². The molecule has 0 atom stereocenters. The molecule has 2 heterocycles. The molecule has 0 fully saturated rings. The zero-order valence-corrected chi connectivity index (χ0v) is 10.3. The van der Waals surface area contributed by atoms with E-state index in [0.29, 0.717) is 15.9 Å². The van der Waals surface area contributed by atoms with E-state index in [9.17, 15) is 4.79 Å². The maximum Gasteiger partial charge on any atom is 0.354 e. The first-order chi connectivity index (χ1) is 7.50. The highest BCUT2D eigenvalue weighted by molar-refractivity contribution is 9.10. The van der Waals surface area contributed by atoms with Crippen LogP contribution in [0.4, 0.5) is 5.82 Å². The molecular weight excluding hydrogens is 276 g/mol. The van der Waals surface area contributed by atoms with E-state index >= 15 is 0 Å². The van der Waals surface area contributed by atoms with Gasteiger partial charge in [0, 0.05) is 20.2 Å². The van der Waals surface area contributed by atoms with Gasteiger partial charge in [-0.15, -0.1) is 0 Å². The molecule has 0 spiro atoms. The summed E-state index contributed by atoms with van der Waals surface area (Å²) in [7, 11) is 3.63. The fraction of sp³-hybridized carbons (Fsp3) is 0.222. The van der Waals surface area contributed by atoms with Gasteiger partial charge in [0.15, 0.2) is 11.3 Å². The molecule has 16 heavy (non-hydrogen) atoms. The lowest BCUT2D eigenvalue weighted by molar-refractivity contribution is 0.0690. The van der Waals surface area contributed by atoms with Gasteiger partial charge in [-0.2, -0.15) is 9.61 Å². The Morgan fingerprint density at radius 3 is 2.81 bits per heavy atom. The number of hydrogen-bond acceptors (Lipinski definition) is 4. The van der Waals surface area contributed by atoms with Crippen molar-refractivity contribution < 1.29 is 9.90 Å². The Balaban J connectivity index is 2.80. The van der Waals surface area contributed by atoms with E-state index in [-0.39, 0.29) is 5.69 Å². The minimum Gasteiger partial charge on any atom is -0.477 e. The summed E-state index contributed by atoms with van der Waals surface area (Å²) in [5.41, 5.74) is 0.487. The standard InChI is InChI=1S/C9H9BrN4O2/c1-13(2)7-3-6(9(15)16)12-8-5(10)4-11-14(7)8/h3-4H,1-2H3,(H,15,16). The zero-order chi connectivity index (χ0) is 11.9. The summed E-state index contributed by atoms with van der Waals surface area (Å²) in [6.07, 6.45) is 1.58. The average Bonchev–Trinajstić information content (AvgIpc) is 2.59. The lowest BCUT2D eigenvalue weighted by Crippen LogP contribution is -2.16. The Labute approximate surface area is 99.6 Å². The fourth-order valence-electron chi connectivity index (χ4n) is 1.35. The Morgan fingerprint density at radius 1 is 1.56 bits per heavy atom. The third-order valence-electron chi connectivity index (χ3n) is 2.09. The molecule has 0 radical (unpaired) electrons. The Bertz CT molecular complexity index is 564. The zero-order valence-electron chi connectivity index (χ0n) is 8.68. The second kappa shape index (κ2) is 3.75. The smallest absolute Gasteiger partial charge is 0.354 e. The molecule has 2 aromatic rings. The largest absolute Gasteiger partial charge is 0.477 e. The molecule has 2 aromatic heterocycles. The van der Waals surface area contributed by atoms with Crippen molar-refractivity contribution in [3.05, 3.63) is 22.4 Å². The van der Waals surface area contributed by atoms with Crippen LogP contribution in [0.25, 0.3) is 5.65 Å². The first kappa shape index (κ1) is 10.9. The minimum absolute atomic E-state index is 0.00241.